The van der Waals surface area contributed by atoms with E-state index in [4.69, 9.17) is 5.73 Å². The van der Waals surface area contributed by atoms with Gasteiger partial charge in [-0.25, -0.2) is 0 Å². The molecule has 0 bridgehead atoms. The van der Waals surface area contributed by atoms with E-state index in [-0.39, 0.29) is 5.92 Å². The Bertz CT molecular complexity index is 861. The summed E-state index contributed by atoms with van der Waals surface area (Å²) < 4.78 is 0. The fourth-order valence-corrected chi connectivity index (χ4v) is 5.53. The third-order valence-electron chi connectivity index (χ3n) is 7.38. The fourth-order valence-electron chi connectivity index (χ4n) is 5.53. The molecule has 1 saturated heterocycles. The topological polar surface area (TPSA) is 75.3 Å². The fraction of sp³-hybridized carbons (Fsp3) is 0.519. The maximum Gasteiger partial charge on any atom is 0.310 e. The van der Waals surface area contributed by atoms with Gasteiger partial charge in [-0.3, -0.25) is 4.79 Å². The number of aryl methyl sites for hydroxylation is 1. The van der Waals surface area contributed by atoms with Gasteiger partial charge in [-0.2, -0.15) is 0 Å². The van der Waals surface area contributed by atoms with E-state index in [1.807, 2.05) is 6.07 Å². The molecular weight excluding hydrogens is 384 g/mol. The minimum absolute atomic E-state index is 0.264. The molecule has 2 aromatic carbocycles. The molecule has 2 fully saturated rings. The number of benzene rings is 2. The summed E-state index contributed by atoms with van der Waals surface area (Å²) in [7, 11) is 0. The van der Waals surface area contributed by atoms with Crippen LogP contribution in [0.4, 0.5) is 0 Å². The lowest BCUT2D eigenvalue weighted by Gasteiger charge is -2.29. The van der Waals surface area contributed by atoms with E-state index >= 15 is 0 Å². The molecule has 3 aliphatic rings. The molecule has 3 atom stereocenters. The summed E-state index contributed by atoms with van der Waals surface area (Å²) in [4.78, 5) is 11.2. The predicted molar refractivity (Wildman–Crippen MR) is 126 cm³/mol. The van der Waals surface area contributed by atoms with Crippen LogP contribution in [-0.4, -0.2) is 30.2 Å². The van der Waals surface area contributed by atoms with Crippen molar-refractivity contribution in [3.63, 3.8) is 0 Å². The van der Waals surface area contributed by atoms with Gasteiger partial charge in [-0.05, 0) is 66.8 Å². The zero-order chi connectivity index (χ0) is 21.6. The Morgan fingerprint density at radius 1 is 0.935 bits per heavy atom. The number of nitrogens with one attached hydrogen (secondary N) is 1. The van der Waals surface area contributed by atoms with Crippen LogP contribution in [0.15, 0.2) is 48.5 Å². The molecule has 0 aromatic heterocycles. The third-order valence-corrected chi connectivity index (χ3v) is 7.38. The maximum absolute atomic E-state index is 11.2. The SMILES string of the molecule is NC1CCNCC1c1ccccc1.O=C(O)C1CCc2cc(C3CCCCC3)ccc21. The third kappa shape index (κ3) is 5.36. The van der Waals surface area contributed by atoms with Crippen molar-refractivity contribution in [1.29, 1.82) is 0 Å². The number of carboxylic acids is 1. The number of nitrogens with two attached hydrogens (primary N) is 1. The average molecular weight is 421 g/mol. The summed E-state index contributed by atoms with van der Waals surface area (Å²) in [5, 5.41) is 12.6. The van der Waals surface area contributed by atoms with E-state index in [1.54, 1.807) is 0 Å². The second kappa shape index (κ2) is 10.4. The van der Waals surface area contributed by atoms with Crippen LogP contribution in [0.25, 0.3) is 0 Å². The summed E-state index contributed by atoms with van der Waals surface area (Å²) >= 11 is 0. The molecule has 5 rings (SSSR count). The lowest BCUT2D eigenvalue weighted by atomic mass is 9.83. The van der Waals surface area contributed by atoms with Crippen LogP contribution in [-0.2, 0) is 11.2 Å². The lowest BCUT2D eigenvalue weighted by molar-refractivity contribution is -0.138. The molecule has 0 amide bonds. The quantitative estimate of drug-likeness (QED) is 0.657. The highest BCUT2D eigenvalue weighted by Gasteiger charge is 2.29. The van der Waals surface area contributed by atoms with Crippen molar-refractivity contribution in [2.75, 3.05) is 13.1 Å². The van der Waals surface area contributed by atoms with Crippen molar-refractivity contribution in [3.05, 3.63) is 70.8 Å². The molecule has 166 valence electrons. The summed E-state index contributed by atoms with van der Waals surface area (Å²) in [6, 6.07) is 17.4. The van der Waals surface area contributed by atoms with Crippen molar-refractivity contribution in [2.45, 2.75) is 75.2 Å². The van der Waals surface area contributed by atoms with Crippen molar-refractivity contribution >= 4 is 5.97 Å². The van der Waals surface area contributed by atoms with E-state index in [0.29, 0.717) is 17.9 Å². The summed E-state index contributed by atoms with van der Waals surface area (Å²) in [6.45, 7) is 2.08. The van der Waals surface area contributed by atoms with Gasteiger partial charge in [0.05, 0.1) is 5.92 Å². The molecule has 3 unspecified atom stereocenters. The Hall–Kier alpha value is -2.17. The molecule has 2 aromatic rings. The number of carbonyl (C=O) groups is 1. The predicted octanol–water partition coefficient (Wildman–Crippen LogP) is 4.94. The standard InChI is InChI=1S/C16H20O2.C11H16N2/c17-16(18)15-9-7-13-10-12(6-8-14(13)15)11-4-2-1-3-5-11;12-11-6-7-13-8-10(11)9-4-2-1-3-5-9/h6,8,10-11,15H,1-5,7,9H2,(H,17,18);1-5,10-11,13H,6-8,12H2. The summed E-state index contributed by atoms with van der Waals surface area (Å²) in [5.41, 5.74) is 11.2. The van der Waals surface area contributed by atoms with Crippen LogP contribution in [0.5, 0.6) is 0 Å². The Kier molecular flexibility index (Phi) is 7.41. The molecule has 0 radical (unpaired) electrons. The minimum Gasteiger partial charge on any atom is -0.481 e. The van der Waals surface area contributed by atoms with Gasteiger partial charge in [0.1, 0.15) is 0 Å². The highest BCUT2D eigenvalue weighted by molar-refractivity contribution is 5.77. The van der Waals surface area contributed by atoms with Crippen LogP contribution in [0.1, 0.15) is 85.0 Å². The van der Waals surface area contributed by atoms with Gasteiger partial charge in [0.25, 0.3) is 0 Å². The highest BCUT2D eigenvalue weighted by Crippen LogP contribution is 2.38. The first kappa shape index (κ1) is 22.0. The first-order chi connectivity index (χ1) is 15.1. The van der Waals surface area contributed by atoms with Crippen LogP contribution >= 0.6 is 0 Å². The molecule has 2 aliphatic carbocycles. The Morgan fingerprint density at radius 2 is 1.71 bits per heavy atom. The smallest absolute Gasteiger partial charge is 0.310 e. The van der Waals surface area contributed by atoms with Gasteiger partial charge in [-0.1, -0.05) is 67.8 Å². The van der Waals surface area contributed by atoms with Gasteiger partial charge in [0, 0.05) is 18.5 Å². The molecule has 1 heterocycles. The van der Waals surface area contributed by atoms with Gasteiger partial charge in [0.15, 0.2) is 0 Å². The molecular formula is C27H36N2O2. The Labute approximate surface area is 186 Å². The molecule has 1 aliphatic heterocycles. The largest absolute Gasteiger partial charge is 0.481 e. The van der Waals surface area contributed by atoms with Crippen LogP contribution in [0.2, 0.25) is 0 Å². The number of aliphatic carboxylic acids is 1. The Morgan fingerprint density at radius 3 is 2.42 bits per heavy atom. The number of hydrogen-bond donors (Lipinski definition) is 3. The summed E-state index contributed by atoms with van der Waals surface area (Å²) in [5.74, 6) is 0.280. The molecule has 4 heteroatoms. The lowest BCUT2D eigenvalue weighted by Crippen LogP contribution is -2.43. The van der Waals surface area contributed by atoms with Crippen LogP contribution < -0.4 is 11.1 Å². The van der Waals surface area contributed by atoms with E-state index in [0.717, 1.165) is 37.9 Å². The number of hydrogen-bond acceptors (Lipinski definition) is 3. The first-order valence-corrected chi connectivity index (χ1v) is 12.0. The number of piperidine rings is 1. The second-order valence-electron chi connectivity index (χ2n) is 9.40. The van der Waals surface area contributed by atoms with Crippen LogP contribution in [0, 0.1) is 0 Å². The first-order valence-electron chi connectivity index (χ1n) is 12.0. The zero-order valence-corrected chi connectivity index (χ0v) is 18.4. The highest BCUT2D eigenvalue weighted by atomic mass is 16.4. The van der Waals surface area contributed by atoms with Crippen molar-refractivity contribution in [2.24, 2.45) is 5.73 Å². The van der Waals surface area contributed by atoms with E-state index in [9.17, 15) is 9.90 Å². The van der Waals surface area contributed by atoms with Crippen molar-refractivity contribution in [3.8, 4) is 0 Å². The number of fused-ring (bicyclic) bond motifs is 1. The van der Waals surface area contributed by atoms with Crippen LogP contribution in [0.3, 0.4) is 0 Å². The molecule has 0 spiro atoms. The molecule has 4 nitrogen and oxygen atoms in total. The molecule has 4 N–H and O–H groups in total. The second-order valence-corrected chi connectivity index (χ2v) is 9.40. The maximum atomic E-state index is 11.2. The summed E-state index contributed by atoms with van der Waals surface area (Å²) in [6.07, 6.45) is 9.48. The van der Waals surface area contributed by atoms with Crippen molar-refractivity contribution < 1.29 is 9.90 Å². The number of carboxylic acid groups (broad SMARTS) is 1. The number of rotatable bonds is 3. The van der Waals surface area contributed by atoms with E-state index in [1.165, 1.54) is 48.8 Å². The minimum atomic E-state index is -0.667. The van der Waals surface area contributed by atoms with Gasteiger partial charge in [0.2, 0.25) is 0 Å². The average Bonchev–Trinajstić information content (AvgIpc) is 3.25. The zero-order valence-electron chi connectivity index (χ0n) is 18.4. The molecule has 31 heavy (non-hydrogen) atoms. The molecule has 1 saturated carbocycles. The normalized spacial score (nSPS) is 25.9. The van der Waals surface area contributed by atoms with E-state index in [2.05, 4.69) is 47.8 Å². The monoisotopic (exact) mass is 420 g/mol. The van der Waals surface area contributed by atoms with Crippen molar-refractivity contribution in [1.82, 2.24) is 5.32 Å². The van der Waals surface area contributed by atoms with Gasteiger partial charge in [-0.15, -0.1) is 0 Å². The van der Waals surface area contributed by atoms with Gasteiger partial charge >= 0.3 is 5.97 Å². The van der Waals surface area contributed by atoms with Gasteiger partial charge < -0.3 is 16.2 Å². The van der Waals surface area contributed by atoms with E-state index < -0.39 is 5.97 Å². The Balaban J connectivity index is 0.000000158.